The maximum atomic E-state index is 4.50. The van der Waals surface area contributed by atoms with Crippen LogP contribution in [0.5, 0.6) is 0 Å². The van der Waals surface area contributed by atoms with Crippen LogP contribution in [0.25, 0.3) is 5.52 Å². The van der Waals surface area contributed by atoms with Crippen molar-refractivity contribution in [2.45, 2.75) is 25.7 Å². The average Bonchev–Trinajstić information content (AvgIpc) is 2.84. The Morgan fingerprint density at radius 2 is 2.22 bits per heavy atom. The summed E-state index contributed by atoms with van der Waals surface area (Å²) in [5.41, 5.74) is 3.81. The summed E-state index contributed by atoms with van der Waals surface area (Å²) in [6.45, 7) is 4.12. The monoisotopic (exact) mass is 311 g/mol. The van der Waals surface area contributed by atoms with E-state index in [1.165, 1.54) is 49.0 Å². The van der Waals surface area contributed by atoms with Gasteiger partial charge in [0.05, 0.1) is 24.1 Å². The van der Waals surface area contributed by atoms with E-state index in [0.717, 1.165) is 25.7 Å². The van der Waals surface area contributed by atoms with Gasteiger partial charge in [-0.3, -0.25) is 5.32 Å². The van der Waals surface area contributed by atoms with Crippen molar-refractivity contribution in [3.63, 3.8) is 0 Å². The summed E-state index contributed by atoms with van der Waals surface area (Å²) in [6, 6.07) is 4.55. The minimum Gasteiger partial charge on any atom is -0.332 e. The average molecular weight is 311 g/mol. The summed E-state index contributed by atoms with van der Waals surface area (Å²) >= 11 is 0. The molecule has 0 radical (unpaired) electrons. The lowest BCUT2D eigenvalue weighted by atomic mass is 9.93. The molecule has 2 aromatic rings. The summed E-state index contributed by atoms with van der Waals surface area (Å²) in [7, 11) is 0. The first kappa shape index (κ1) is 14.7. The molecule has 23 heavy (non-hydrogen) atoms. The quantitative estimate of drug-likeness (QED) is 0.912. The molecule has 5 nitrogen and oxygen atoms in total. The van der Waals surface area contributed by atoms with Crippen LogP contribution in [0.3, 0.4) is 0 Å². The second-order valence-corrected chi connectivity index (χ2v) is 6.61. The molecule has 2 aliphatic rings. The lowest BCUT2D eigenvalue weighted by Crippen LogP contribution is -2.34. The van der Waals surface area contributed by atoms with Crippen molar-refractivity contribution in [1.82, 2.24) is 20.2 Å². The van der Waals surface area contributed by atoms with E-state index in [-0.39, 0.29) is 0 Å². The lowest BCUT2D eigenvalue weighted by Gasteiger charge is -2.23. The van der Waals surface area contributed by atoms with E-state index in [4.69, 9.17) is 0 Å². The van der Waals surface area contributed by atoms with E-state index in [1.807, 2.05) is 10.7 Å². The first-order chi connectivity index (χ1) is 11.4. The fourth-order valence-electron chi connectivity index (χ4n) is 3.65. The summed E-state index contributed by atoms with van der Waals surface area (Å²) in [6.07, 6.45) is 13.5. The van der Waals surface area contributed by atoms with Crippen LogP contribution >= 0.6 is 0 Å². The largest absolute Gasteiger partial charge is 0.332 e. The molecule has 0 aromatic carbocycles. The first-order valence-electron chi connectivity index (χ1n) is 8.71. The molecule has 4 heterocycles. The highest BCUT2D eigenvalue weighted by Gasteiger charge is 2.15. The summed E-state index contributed by atoms with van der Waals surface area (Å²) in [5, 5.41) is 11.4. The predicted molar refractivity (Wildman–Crippen MR) is 93.6 cm³/mol. The van der Waals surface area contributed by atoms with Crippen LogP contribution in [0.1, 0.15) is 24.8 Å². The number of anilines is 1. The van der Waals surface area contributed by atoms with Crippen LogP contribution in [-0.4, -0.2) is 35.9 Å². The highest BCUT2D eigenvalue weighted by atomic mass is 15.3. The number of hydrogen-bond donors (Lipinski definition) is 2. The number of nitrogens with zero attached hydrogens (tertiary/aromatic N) is 3. The van der Waals surface area contributed by atoms with Gasteiger partial charge in [0, 0.05) is 18.9 Å². The fourth-order valence-corrected chi connectivity index (χ4v) is 3.65. The maximum absolute atomic E-state index is 4.50. The van der Waals surface area contributed by atoms with E-state index >= 15 is 0 Å². The Morgan fingerprint density at radius 1 is 1.22 bits per heavy atom. The van der Waals surface area contributed by atoms with Crippen molar-refractivity contribution in [3.8, 4) is 0 Å². The van der Waals surface area contributed by atoms with Crippen molar-refractivity contribution in [2.24, 2.45) is 5.92 Å². The number of rotatable bonds is 3. The van der Waals surface area contributed by atoms with Crippen LogP contribution in [0.2, 0.25) is 0 Å². The second-order valence-electron chi connectivity index (χ2n) is 6.61. The molecular formula is C18H25N5. The third-order valence-electron chi connectivity index (χ3n) is 4.92. The van der Waals surface area contributed by atoms with Gasteiger partial charge in [-0.15, -0.1) is 0 Å². The van der Waals surface area contributed by atoms with Gasteiger partial charge >= 0.3 is 0 Å². The van der Waals surface area contributed by atoms with E-state index in [1.54, 1.807) is 0 Å². The Morgan fingerprint density at radius 3 is 3.13 bits per heavy atom. The molecule has 1 unspecified atom stereocenters. The van der Waals surface area contributed by atoms with Crippen LogP contribution < -0.4 is 15.5 Å². The van der Waals surface area contributed by atoms with Gasteiger partial charge in [0.2, 0.25) is 0 Å². The van der Waals surface area contributed by atoms with Crippen molar-refractivity contribution in [1.29, 1.82) is 0 Å². The van der Waals surface area contributed by atoms with Crippen LogP contribution in [0.4, 0.5) is 5.69 Å². The number of nitrogens with one attached hydrogen (secondary N) is 2. The lowest BCUT2D eigenvalue weighted by molar-refractivity contribution is 0.470. The number of pyridine rings is 1. The molecule has 0 saturated carbocycles. The summed E-state index contributed by atoms with van der Waals surface area (Å²) < 4.78 is 1.98. The van der Waals surface area contributed by atoms with E-state index in [0.29, 0.717) is 0 Å². The van der Waals surface area contributed by atoms with Gasteiger partial charge in [0.15, 0.2) is 0 Å². The summed E-state index contributed by atoms with van der Waals surface area (Å²) in [5.74, 6) is 0.801. The van der Waals surface area contributed by atoms with Gasteiger partial charge < -0.3 is 10.2 Å². The molecule has 4 rings (SSSR count). The normalized spacial score (nSPS) is 22.4. The molecule has 0 bridgehead atoms. The highest BCUT2D eigenvalue weighted by molar-refractivity contribution is 5.74. The van der Waals surface area contributed by atoms with Crippen molar-refractivity contribution in [2.75, 3.05) is 31.2 Å². The van der Waals surface area contributed by atoms with Crippen LogP contribution in [0, 0.1) is 5.92 Å². The first-order valence-corrected chi connectivity index (χ1v) is 8.71. The Kier molecular flexibility index (Phi) is 4.30. The molecule has 122 valence electrons. The van der Waals surface area contributed by atoms with Gasteiger partial charge in [-0.2, -0.15) is 5.10 Å². The molecule has 1 fully saturated rings. The van der Waals surface area contributed by atoms with Crippen molar-refractivity contribution >= 4 is 11.2 Å². The molecule has 1 saturated heterocycles. The topological polar surface area (TPSA) is 44.6 Å². The van der Waals surface area contributed by atoms with Crippen LogP contribution in [0.15, 0.2) is 36.8 Å². The van der Waals surface area contributed by atoms with Gasteiger partial charge in [-0.25, -0.2) is 4.52 Å². The molecular weight excluding hydrogens is 286 g/mol. The number of aromatic nitrogens is 2. The SMILES string of the molecule is C1=CN(c2cnn3ccc(CC4CCCNCC4)cc23)CNC1. The van der Waals surface area contributed by atoms with Crippen molar-refractivity contribution in [3.05, 3.63) is 42.4 Å². The molecule has 0 spiro atoms. The molecule has 0 aliphatic carbocycles. The molecule has 2 aliphatic heterocycles. The van der Waals surface area contributed by atoms with Crippen LogP contribution in [-0.2, 0) is 6.42 Å². The Hall–Kier alpha value is -1.85. The van der Waals surface area contributed by atoms with E-state index < -0.39 is 0 Å². The predicted octanol–water partition coefficient (Wildman–Crippen LogP) is 2.15. The minimum atomic E-state index is 0.801. The smallest absolute Gasteiger partial charge is 0.0902 e. The van der Waals surface area contributed by atoms with E-state index in [2.05, 4.69) is 51.2 Å². The molecule has 5 heteroatoms. The third-order valence-corrected chi connectivity index (χ3v) is 4.92. The van der Waals surface area contributed by atoms with Gasteiger partial charge in [-0.1, -0.05) is 6.08 Å². The Balaban J connectivity index is 1.58. The third kappa shape index (κ3) is 3.26. The van der Waals surface area contributed by atoms with Crippen molar-refractivity contribution < 1.29 is 0 Å². The zero-order valence-corrected chi connectivity index (χ0v) is 13.5. The zero-order valence-electron chi connectivity index (χ0n) is 13.5. The summed E-state index contributed by atoms with van der Waals surface area (Å²) in [4.78, 5) is 2.23. The maximum Gasteiger partial charge on any atom is 0.0902 e. The Labute approximate surface area is 137 Å². The zero-order chi connectivity index (χ0) is 15.5. The van der Waals surface area contributed by atoms with Gasteiger partial charge in [0.1, 0.15) is 0 Å². The van der Waals surface area contributed by atoms with Gasteiger partial charge in [-0.05, 0) is 62.4 Å². The number of hydrogen-bond acceptors (Lipinski definition) is 4. The van der Waals surface area contributed by atoms with E-state index in [9.17, 15) is 0 Å². The molecule has 1 atom stereocenters. The second kappa shape index (κ2) is 6.72. The molecule has 2 aromatic heterocycles. The highest BCUT2D eigenvalue weighted by Crippen LogP contribution is 2.25. The fraction of sp³-hybridized carbons (Fsp3) is 0.500. The number of fused-ring (bicyclic) bond motifs is 1. The minimum absolute atomic E-state index is 0.801. The van der Waals surface area contributed by atoms with Gasteiger partial charge in [0.25, 0.3) is 0 Å². The molecule has 2 N–H and O–H groups in total. The Bertz CT molecular complexity index is 682. The molecule has 0 amide bonds. The standard InChI is InChI=1S/C18H25N5/c1-3-15(4-8-19-6-1)11-16-5-10-23-17(12-16)18(13-21-23)22-9-2-7-20-14-22/h2,5,9-10,12-13,15,19-20H,1,3-4,6-8,11,14H2.